The zero-order chi connectivity index (χ0) is 13.9. The van der Waals surface area contributed by atoms with Crippen molar-refractivity contribution in [2.45, 2.75) is 32.4 Å². The second kappa shape index (κ2) is 5.14. The number of carbonyl (C=O) groups is 1. The summed E-state index contributed by atoms with van der Waals surface area (Å²) >= 11 is 0. The van der Waals surface area contributed by atoms with Crippen molar-refractivity contribution in [3.8, 4) is 0 Å². The molecular weight excluding hydrogens is 236 g/mol. The summed E-state index contributed by atoms with van der Waals surface area (Å²) in [6.07, 6.45) is -0.330. The molecule has 18 heavy (non-hydrogen) atoms. The minimum atomic E-state index is -1.55. The van der Waals surface area contributed by atoms with Crippen LogP contribution in [0.2, 0.25) is 0 Å². The molecule has 98 valence electrons. The molecule has 0 unspecified atom stereocenters. The number of nitro benzene ring substituents is 1. The van der Waals surface area contributed by atoms with Gasteiger partial charge in [0.15, 0.2) is 0 Å². The zero-order valence-electron chi connectivity index (χ0n) is 10.5. The van der Waals surface area contributed by atoms with Crippen molar-refractivity contribution in [3.63, 3.8) is 0 Å². The highest BCUT2D eigenvalue weighted by atomic mass is 16.6. The van der Waals surface area contributed by atoms with E-state index in [9.17, 15) is 14.9 Å². The maximum atomic E-state index is 11.9. The van der Waals surface area contributed by atoms with E-state index in [0.717, 1.165) is 0 Å². The lowest BCUT2D eigenvalue weighted by molar-refractivity contribution is -0.386. The van der Waals surface area contributed by atoms with Crippen molar-refractivity contribution < 1.29 is 14.5 Å². The van der Waals surface area contributed by atoms with Crippen LogP contribution >= 0.6 is 0 Å². The Bertz CT molecular complexity index is 469. The third-order valence-electron chi connectivity index (χ3n) is 2.43. The molecule has 0 radical (unpaired) electrons. The van der Waals surface area contributed by atoms with Gasteiger partial charge in [-0.05, 0) is 26.8 Å². The first-order valence-electron chi connectivity index (χ1n) is 5.50. The highest BCUT2D eigenvalue weighted by Crippen LogP contribution is 2.28. The van der Waals surface area contributed by atoms with Gasteiger partial charge in [0.05, 0.1) is 16.6 Å². The van der Waals surface area contributed by atoms with Crippen molar-refractivity contribution in [3.05, 3.63) is 39.9 Å². The zero-order valence-corrected chi connectivity index (χ0v) is 10.5. The summed E-state index contributed by atoms with van der Waals surface area (Å²) in [5.74, 6) is -0.688. The molecule has 0 aliphatic carbocycles. The largest absolute Gasteiger partial charge is 0.461 e. The van der Waals surface area contributed by atoms with E-state index >= 15 is 0 Å². The first-order valence-corrected chi connectivity index (χ1v) is 5.50. The number of carbonyl (C=O) groups excluding carboxylic acids is 1. The molecule has 0 heterocycles. The number of para-hydroxylation sites is 1. The smallest absolute Gasteiger partial charge is 0.331 e. The molecule has 6 heteroatoms. The fourth-order valence-corrected chi connectivity index (χ4v) is 1.52. The molecule has 1 rings (SSSR count). The maximum Gasteiger partial charge on any atom is 0.331 e. The predicted molar refractivity (Wildman–Crippen MR) is 65.9 cm³/mol. The van der Waals surface area contributed by atoms with Crippen LogP contribution in [0.5, 0.6) is 0 Å². The number of nitro groups is 1. The van der Waals surface area contributed by atoms with Gasteiger partial charge in [-0.2, -0.15) is 0 Å². The van der Waals surface area contributed by atoms with E-state index in [1.165, 1.54) is 25.1 Å². The topological polar surface area (TPSA) is 95.5 Å². The van der Waals surface area contributed by atoms with Crippen LogP contribution in [0.4, 0.5) is 5.69 Å². The number of nitrogens with two attached hydrogens (primary N) is 1. The molecular formula is C12H16N2O4. The molecule has 1 aromatic rings. The normalized spacial score (nSPS) is 14.1. The molecule has 1 aromatic carbocycles. The lowest BCUT2D eigenvalue weighted by Crippen LogP contribution is -2.44. The second-order valence-corrected chi connectivity index (χ2v) is 4.43. The monoisotopic (exact) mass is 252 g/mol. The highest BCUT2D eigenvalue weighted by Gasteiger charge is 2.38. The number of esters is 1. The Hall–Kier alpha value is -1.95. The molecule has 0 aliphatic rings. The summed E-state index contributed by atoms with van der Waals surface area (Å²) in [6.45, 7) is 4.78. The standard InChI is InChI=1S/C12H16N2O4/c1-8(2)18-11(15)12(3,13)9-6-4-5-7-10(9)14(16)17/h4-8H,13H2,1-3H3/t12-/m0/s1. The number of nitrogens with zero attached hydrogens (tertiary/aromatic N) is 1. The van der Waals surface area contributed by atoms with Gasteiger partial charge in [0.25, 0.3) is 5.69 Å². The van der Waals surface area contributed by atoms with Crippen molar-refractivity contribution in [1.29, 1.82) is 0 Å². The number of hydrogen-bond donors (Lipinski definition) is 1. The lowest BCUT2D eigenvalue weighted by Gasteiger charge is -2.24. The van der Waals surface area contributed by atoms with Crippen molar-refractivity contribution in [1.82, 2.24) is 0 Å². The van der Waals surface area contributed by atoms with Gasteiger partial charge in [0, 0.05) is 6.07 Å². The second-order valence-electron chi connectivity index (χ2n) is 4.43. The molecule has 2 N–H and O–H groups in total. The van der Waals surface area contributed by atoms with E-state index in [-0.39, 0.29) is 17.4 Å². The molecule has 0 fully saturated rings. The van der Waals surface area contributed by atoms with Gasteiger partial charge in [-0.25, -0.2) is 4.79 Å². The number of ether oxygens (including phenoxy) is 1. The molecule has 0 aromatic heterocycles. The summed E-state index contributed by atoms with van der Waals surface area (Å²) in [5.41, 5.74) is 4.29. The van der Waals surface area contributed by atoms with Gasteiger partial charge in [-0.3, -0.25) is 10.1 Å². The highest BCUT2D eigenvalue weighted by molar-refractivity contribution is 5.83. The average Bonchev–Trinajstić information content (AvgIpc) is 2.28. The van der Waals surface area contributed by atoms with Gasteiger partial charge in [0.1, 0.15) is 5.54 Å². The predicted octanol–water partition coefficient (Wildman–Crippen LogP) is 1.72. The quantitative estimate of drug-likeness (QED) is 0.500. The minimum absolute atomic E-state index is 0.139. The van der Waals surface area contributed by atoms with Crippen LogP contribution in [-0.2, 0) is 15.1 Å². The number of benzene rings is 1. The third kappa shape index (κ3) is 2.84. The Morgan fingerprint density at radius 3 is 2.50 bits per heavy atom. The Kier molecular flexibility index (Phi) is 4.03. The van der Waals surface area contributed by atoms with E-state index in [1.54, 1.807) is 19.9 Å². The van der Waals surface area contributed by atoms with E-state index in [4.69, 9.17) is 10.5 Å². The van der Waals surface area contributed by atoms with E-state index < -0.39 is 16.4 Å². The molecule has 0 amide bonds. The van der Waals surface area contributed by atoms with Crippen LogP contribution in [0.25, 0.3) is 0 Å². The van der Waals surface area contributed by atoms with Gasteiger partial charge in [-0.1, -0.05) is 12.1 Å². The van der Waals surface area contributed by atoms with Crippen LogP contribution in [0.15, 0.2) is 24.3 Å². The summed E-state index contributed by atoms with van der Waals surface area (Å²) in [5, 5.41) is 10.9. The first kappa shape index (κ1) is 14.1. The molecule has 6 nitrogen and oxygen atoms in total. The molecule has 0 spiro atoms. The average molecular weight is 252 g/mol. The third-order valence-corrected chi connectivity index (χ3v) is 2.43. The van der Waals surface area contributed by atoms with Crippen molar-refractivity contribution >= 4 is 11.7 Å². The lowest BCUT2D eigenvalue weighted by atomic mass is 9.92. The Morgan fingerprint density at radius 2 is 2.00 bits per heavy atom. The van der Waals surface area contributed by atoms with Crippen LogP contribution in [-0.4, -0.2) is 17.0 Å². The van der Waals surface area contributed by atoms with Crippen LogP contribution in [0.3, 0.4) is 0 Å². The minimum Gasteiger partial charge on any atom is -0.461 e. The van der Waals surface area contributed by atoms with Crippen LogP contribution in [0, 0.1) is 10.1 Å². The van der Waals surface area contributed by atoms with Crippen LogP contribution in [0.1, 0.15) is 26.3 Å². The summed E-state index contributed by atoms with van der Waals surface area (Å²) in [6, 6.07) is 5.88. The molecule has 0 bridgehead atoms. The fraction of sp³-hybridized carbons (Fsp3) is 0.417. The SMILES string of the molecule is CC(C)OC(=O)[C@@](C)(N)c1ccccc1[N+](=O)[O-]. The van der Waals surface area contributed by atoms with E-state index in [0.29, 0.717) is 0 Å². The number of hydrogen-bond acceptors (Lipinski definition) is 5. The molecule has 1 atom stereocenters. The Labute approximate surface area is 105 Å². The van der Waals surface area contributed by atoms with Crippen molar-refractivity contribution in [2.24, 2.45) is 5.73 Å². The van der Waals surface area contributed by atoms with Gasteiger partial charge in [-0.15, -0.1) is 0 Å². The van der Waals surface area contributed by atoms with Gasteiger partial charge < -0.3 is 10.5 Å². The van der Waals surface area contributed by atoms with Crippen LogP contribution < -0.4 is 5.73 Å². The van der Waals surface area contributed by atoms with E-state index in [1.807, 2.05) is 0 Å². The van der Waals surface area contributed by atoms with Gasteiger partial charge >= 0.3 is 5.97 Å². The maximum absolute atomic E-state index is 11.9. The Balaban J connectivity index is 3.19. The number of rotatable bonds is 4. The Morgan fingerprint density at radius 1 is 1.44 bits per heavy atom. The molecule has 0 saturated heterocycles. The summed E-state index contributed by atoms with van der Waals surface area (Å²) in [7, 11) is 0. The van der Waals surface area contributed by atoms with E-state index in [2.05, 4.69) is 0 Å². The first-order chi connectivity index (χ1) is 8.26. The van der Waals surface area contributed by atoms with Gasteiger partial charge in [0.2, 0.25) is 0 Å². The van der Waals surface area contributed by atoms with Crippen molar-refractivity contribution in [2.75, 3.05) is 0 Å². The summed E-state index contributed by atoms with van der Waals surface area (Å²) < 4.78 is 5.02. The molecule has 0 aliphatic heterocycles. The summed E-state index contributed by atoms with van der Waals surface area (Å²) in [4.78, 5) is 22.2. The molecule has 0 saturated carbocycles. The fourth-order valence-electron chi connectivity index (χ4n) is 1.52.